The van der Waals surface area contributed by atoms with E-state index in [9.17, 15) is 19.7 Å². The molecule has 2 aromatic carbocycles. The fraction of sp³-hybridized carbons (Fsp3) is 0. The molecular formula is C16H13N3O4. The maximum absolute atomic E-state index is 12.0. The molecule has 0 radical (unpaired) electrons. The number of rotatable bonds is 5. The second kappa shape index (κ2) is 6.99. The molecule has 0 spiro atoms. The first kappa shape index (κ1) is 15.9. The molecule has 0 aliphatic rings. The number of nitro groups is 1. The van der Waals surface area contributed by atoms with Crippen LogP contribution in [0.4, 0.5) is 5.69 Å². The van der Waals surface area contributed by atoms with Gasteiger partial charge in [-0.05, 0) is 35.9 Å². The van der Waals surface area contributed by atoms with Crippen molar-refractivity contribution in [3.8, 4) is 0 Å². The Morgan fingerprint density at radius 3 is 2.17 bits per heavy atom. The predicted octanol–water partition coefficient (Wildman–Crippen LogP) is 1.85. The first-order valence-corrected chi connectivity index (χ1v) is 6.60. The summed E-state index contributed by atoms with van der Waals surface area (Å²) in [5.41, 5.74) is 5.96. The number of benzene rings is 2. The van der Waals surface area contributed by atoms with Gasteiger partial charge in [0.1, 0.15) is 5.70 Å². The van der Waals surface area contributed by atoms with Gasteiger partial charge in [0.15, 0.2) is 0 Å². The Morgan fingerprint density at radius 1 is 1.04 bits per heavy atom. The normalized spacial score (nSPS) is 10.9. The number of hydrogen-bond donors (Lipinski definition) is 2. The van der Waals surface area contributed by atoms with Gasteiger partial charge in [-0.3, -0.25) is 19.7 Å². The van der Waals surface area contributed by atoms with Crippen LogP contribution >= 0.6 is 0 Å². The van der Waals surface area contributed by atoms with Crippen molar-refractivity contribution in [1.82, 2.24) is 5.32 Å². The molecule has 0 heterocycles. The molecule has 7 nitrogen and oxygen atoms in total. The fourth-order valence-corrected chi connectivity index (χ4v) is 1.81. The van der Waals surface area contributed by atoms with Gasteiger partial charge >= 0.3 is 0 Å². The van der Waals surface area contributed by atoms with Crippen molar-refractivity contribution in [1.29, 1.82) is 0 Å². The summed E-state index contributed by atoms with van der Waals surface area (Å²) in [6.45, 7) is 0. The first-order valence-electron chi connectivity index (χ1n) is 6.60. The van der Waals surface area contributed by atoms with Gasteiger partial charge in [0, 0.05) is 17.7 Å². The summed E-state index contributed by atoms with van der Waals surface area (Å²) in [5.74, 6) is -1.29. The van der Waals surface area contributed by atoms with Gasteiger partial charge in [0.25, 0.3) is 17.5 Å². The van der Waals surface area contributed by atoms with E-state index in [-0.39, 0.29) is 11.4 Å². The minimum absolute atomic E-state index is 0.0731. The molecule has 0 bridgehead atoms. The molecule has 0 saturated carbocycles. The third-order valence-corrected chi connectivity index (χ3v) is 2.96. The average molecular weight is 311 g/mol. The van der Waals surface area contributed by atoms with Gasteiger partial charge in [0.05, 0.1) is 4.92 Å². The van der Waals surface area contributed by atoms with E-state index in [1.165, 1.54) is 30.3 Å². The summed E-state index contributed by atoms with van der Waals surface area (Å²) in [6, 6.07) is 13.8. The molecule has 0 atom stereocenters. The van der Waals surface area contributed by atoms with Gasteiger partial charge in [-0.1, -0.05) is 18.2 Å². The Hall–Kier alpha value is -3.48. The first-order chi connectivity index (χ1) is 11.0. The van der Waals surface area contributed by atoms with Crippen LogP contribution in [0.15, 0.2) is 60.3 Å². The van der Waals surface area contributed by atoms with Crippen LogP contribution in [0.3, 0.4) is 0 Å². The van der Waals surface area contributed by atoms with Crippen LogP contribution in [0.1, 0.15) is 15.9 Å². The largest absolute Gasteiger partial charge is 0.364 e. The van der Waals surface area contributed by atoms with Crippen LogP contribution < -0.4 is 11.1 Å². The highest BCUT2D eigenvalue weighted by atomic mass is 16.6. The topological polar surface area (TPSA) is 115 Å². The number of nitrogens with two attached hydrogens (primary N) is 1. The summed E-state index contributed by atoms with van der Waals surface area (Å²) in [6.07, 6.45) is 1.35. The molecule has 0 aromatic heterocycles. The Balaban J connectivity index is 2.22. The molecule has 0 aliphatic heterocycles. The number of primary amides is 1. The Labute approximate surface area is 131 Å². The predicted molar refractivity (Wildman–Crippen MR) is 84.2 cm³/mol. The summed E-state index contributed by atoms with van der Waals surface area (Å²) < 4.78 is 0. The molecule has 0 saturated heterocycles. The van der Waals surface area contributed by atoms with E-state index in [4.69, 9.17) is 5.73 Å². The highest BCUT2D eigenvalue weighted by Gasteiger charge is 2.12. The van der Waals surface area contributed by atoms with E-state index >= 15 is 0 Å². The fourth-order valence-electron chi connectivity index (χ4n) is 1.81. The SMILES string of the molecule is NC(=O)/C(=C/c1ccc([N+](=O)[O-])cc1)NC(=O)c1ccccc1. The molecule has 0 fully saturated rings. The molecule has 0 aliphatic carbocycles. The van der Waals surface area contributed by atoms with E-state index in [2.05, 4.69) is 5.32 Å². The van der Waals surface area contributed by atoms with Crippen molar-refractivity contribution >= 4 is 23.6 Å². The van der Waals surface area contributed by atoms with E-state index in [1.54, 1.807) is 30.3 Å². The van der Waals surface area contributed by atoms with E-state index < -0.39 is 16.7 Å². The number of non-ortho nitro benzene ring substituents is 1. The summed E-state index contributed by atoms with van der Waals surface area (Å²) >= 11 is 0. The minimum atomic E-state index is -0.812. The molecule has 0 unspecified atom stereocenters. The van der Waals surface area contributed by atoms with Crippen LogP contribution in [-0.4, -0.2) is 16.7 Å². The van der Waals surface area contributed by atoms with Crippen LogP contribution in [-0.2, 0) is 4.79 Å². The van der Waals surface area contributed by atoms with Gasteiger partial charge in [-0.15, -0.1) is 0 Å². The molecule has 2 aromatic rings. The summed E-state index contributed by atoms with van der Waals surface area (Å²) in [5, 5.41) is 13.0. The Kier molecular flexibility index (Phi) is 4.83. The number of nitrogens with zero attached hydrogens (tertiary/aromatic N) is 1. The number of hydrogen-bond acceptors (Lipinski definition) is 4. The van der Waals surface area contributed by atoms with Gasteiger partial charge in [-0.2, -0.15) is 0 Å². The molecular weight excluding hydrogens is 298 g/mol. The summed E-state index contributed by atoms with van der Waals surface area (Å²) in [7, 11) is 0. The lowest BCUT2D eigenvalue weighted by Gasteiger charge is -2.07. The van der Waals surface area contributed by atoms with E-state index in [0.717, 1.165) is 0 Å². The zero-order valence-corrected chi connectivity index (χ0v) is 11.9. The minimum Gasteiger partial charge on any atom is -0.364 e. The van der Waals surface area contributed by atoms with Crippen molar-refractivity contribution < 1.29 is 14.5 Å². The molecule has 7 heteroatoms. The molecule has 3 N–H and O–H groups in total. The number of amides is 2. The lowest BCUT2D eigenvalue weighted by Crippen LogP contribution is -2.31. The van der Waals surface area contributed by atoms with Crippen molar-refractivity contribution in [3.63, 3.8) is 0 Å². The van der Waals surface area contributed by atoms with Crippen LogP contribution in [0.2, 0.25) is 0 Å². The summed E-state index contributed by atoms with van der Waals surface area (Å²) in [4.78, 5) is 33.6. The number of carbonyl (C=O) groups is 2. The van der Waals surface area contributed by atoms with Crippen LogP contribution in [0.5, 0.6) is 0 Å². The number of nitrogens with one attached hydrogen (secondary N) is 1. The van der Waals surface area contributed by atoms with Gasteiger partial charge < -0.3 is 11.1 Å². The van der Waals surface area contributed by atoms with Gasteiger partial charge in [0.2, 0.25) is 0 Å². The zero-order chi connectivity index (χ0) is 16.8. The van der Waals surface area contributed by atoms with Crippen molar-refractivity contribution in [3.05, 3.63) is 81.5 Å². The van der Waals surface area contributed by atoms with E-state index in [1.807, 2.05) is 0 Å². The molecule has 23 heavy (non-hydrogen) atoms. The Morgan fingerprint density at radius 2 is 1.65 bits per heavy atom. The maximum atomic E-state index is 12.0. The third-order valence-electron chi connectivity index (χ3n) is 2.96. The highest BCUT2D eigenvalue weighted by Crippen LogP contribution is 2.14. The maximum Gasteiger partial charge on any atom is 0.269 e. The number of nitro benzene ring substituents is 1. The van der Waals surface area contributed by atoms with Crippen molar-refractivity contribution in [2.24, 2.45) is 5.73 Å². The van der Waals surface area contributed by atoms with Crippen molar-refractivity contribution in [2.75, 3.05) is 0 Å². The van der Waals surface area contributed by atoms with E-state index in [0.29, 0.717) is 11.1 Å². The third kappa shape index (κ3) is 4.24. The quantitative estimate of drug-likeness (QED) is 0.498. The lowest BCUT2D eigenvalue weighted by atomic mass is 10.1. The second-order valence-corrected chi connectivity index (χ2v) is 4.59. The standard InChI is InChI=1S/C16H13N3O4/c17-15(20)14(18-16(21)12-4-2-1-3-5-12)10-11-6-8-13(9-7-11)19(22)23/h1-10H,(H2,17,20)(H,18,21)/b14-10-. The van der Waals surface area contributed by atoms with Crippen molar-refractivity contribution in [2.45, 2.75) is 0 Å². The molecule has 116 valence electrons. The Bertz CT molecular complexity index is 768. The average Bonchev–Trinajstić information content (AvgIpc) is 2.55. The lowest BCUT2D eigenvalue weighted by molar-refractivity contribution is -0.384. The molecule has 2 amide bonds. The van der Waals surface area contributed by atoms with Crippen LogP contribution in [0, 0.1) is 10.1 Å². The monoisotopic (exact) mass is 311 g/mol. The second-order valence-electron chi connectivity index (χ2n) is 4.59. The van der Waals surface area contributed by atoms with Crippen LogP contribution in [0.25, 0.3) is 6.08 Å². The number of carbonyl (C=O) groups excluding carboxylic acids is 2. The van der Waals surface area contributed by atoms with Gasteiger partial charge in [-0.25, -0.2) is 0 Å². The zero-order valence-electron chi connectivity index (χ0n) is 11.9. The highest BCUT2D eigenvalue weighted by molar-refractivity contribution is 6.04. The molecule has 2 rings (SSSR count). The smallest absolute Gasteiger partial charge is 0.269 e.